The lowest BCUT2D eigenvalue weighted by Crippen LogP contribution is -2.35. The highest BCUT2D eigenvalue weighted by Crippen LogP contribution is 2.26. The van der Waals surface area contributed by atoms with E-state index in [-0.39, 0.29) is 18.2 Å². The Morgan fingerprint density at radius 1 is 1.08 bits per heavy atom. The van der Waals surface area contributed by atoms with Gasteiger partial charge in [-0.3, -0.25) is 0 Å². The first-order chi connectivity index (χ1) is 12.6. The van der Waals surface area contributed by atoms with Crippen LogP contribution in [0.5, 0.6) is 0 Å². The first kappa shape index (κ1) is 24.6. The maximum Gasteiger partial charge on any atom is 0.135 e. The zero-order chi connectivity index (χ0) is 19.9. The number of benzene rings is 1. The first-order valence-corrected chi connectivity index (χ1v) is 10.1. The van der Waals surface area contributed by atoms with Gasteiger partial charge >= 0.3 is 0 Å². The van der Waals surface area contributed by atoms with E-state index in [1.165, 1.54) is 24.3 Å². The van der Waals surface area contributed by atoms with Gasteiger partial charge in [-0.05, 0) is 43.4 Å². The average molecular weight is 370 g/mol. The number of halogens is 2. The van der Waals surface area contributed by atoms with Crippen molar-refractivity contribution in [2.75, 3.05) is 6.61 Å². The third kappa shape index (κ3) is 7.86. The van der Waals surface area contributed by atoms with Crippen molar-refractivity contribution in [1.29, 1.82) is 0 Å². The van der Waals surface area contributed by atoms with Crippen molar-refractivity contribution in [3.8, 4) is 0 Å². The quantitative estimate of drug-likeness (QED) is 0.480. The predicted molar refractivity (Wildman–Crippen MR) is 108 cm³/mol. The topological polar surface area (TPSA) is 32.3 Å². The summed E-state index contributed by atoms with van der Waals surface area (Å²) >= 11 is 0. The van der Waals surface area contributed by atoms with E-state index >= 15 is 0 Å². The van der Waals surface area contributed by atoms with E-state index in [0.717, 1.165) is 38.5 Å². The predicted octanol–water partition coefficient (Wildman–Crippen LogP) is 6.30. The van der Waals surface area contributed by atoms with Crippen LogP contribution in [0.15, 0.2) is 24.3 Å². The van der Waals surface area contributed by atoms with E-state index < -0.39 is 11.6 Å². The maximum absolute atomic E-state index is 14.1. The zero-order valence-corrected chi connectivity index (χ0v) is 17.1. The molecule has 0 saturated carbocycles. The van der Waals surface area contributed by atoms with Gasteiger partial charge in [0.05, 0.1) is 12.2 Å². The van der Waals surface area contributed by atoms with Crippen LogP contribution in [-0.4, -0.2) is 17.8 Å². The summed E-state index contributed by atoms with van der Waals surface area (Å²) in [5.41, 5.74) is 0.258. The summed E-state index contributed by atoms with van der Waals surface area (Å²) in [5, 5.41) is 12.6. The second-order valence-electron chi connectivity index (χ2n) is 6.25. The Labute approximate surface area is 158 Å². The number of aliphatic hydroxyl groups excluding tert-OH is 1. The van der Waals surface area contributed by atoms with Crippen molar-refractivity contribution in [3.05, 3.63) is 41.5 Å². The lowest BCUT2D eigenvalue weighted by Gasteiger charge is -2.29. The van der Waals surface area contributed by atoms with E-state index in [1.807, 2.05) is 13.8 Å². The van der Waals surface area contributed by atoms with Crippen LogP contribution in [0, 0.1) is 17.6 Å². The molecule has 2 N–H and O–H groups in total. The SMILES string of the molecule is CC.CCCCC(CCC)C(CC)N/C(=C/CO)c1c(F)cccc1F. The molecule has 0 radical (unpaired) electrons. The lowest BCUT2D eigenvalue weighted by atomic mass is 9.87. The molecule has 0 aliphatic rings. The Bertz CT molecular complexity index is 497. The van der Waals surface area contributed by atoms with Crippen LogP contribution in [0.25, 0.3) is 5.70 Å². The molecule has 0 aromatic heterocycles. The van der Waals surface area contributed by atoms with Gasteiger partial charge in [-0.15, -0.1) is 0 Å². The summed E-state index contributed by atoms with van der Waals surface area (Å²) in [4.78, 5) is 0. The van der Waals surface area contributed by atoms with Gasteiger partial charge in [0.15, 0.2) is 0 Å². The highest BCUT2D eigenvalue weighted by Gasteiger charge is 2.22. The van der Waals surface area contributed by atoms with E-state index in [1.54, 1.807) is 0 Å². The number of hydrogen-bond acceptors (Lipinski definition) is 2. The molecule has 1 aromatic rings. The van der Waals surface area contributed by atoms with Crippen molar-refractivity contribution in [2.24, 2.45) is 5.92 Å². The normalized spacial score (nSPS) is 13.6. The van der Waals surface area contributed by atoms with Crippen LogP contribution in [0.3, 0.4) is 0 Å². The van der Waals surface area contributed by atoms with Gasteiger partial charge in [-0.1, -0.05) is 59.9 Å². The fourth-order valence-electron chi connectivity index (χ4n) is 3.22. The van der Waals surface area contributed by atoms with Crippen LogP contribution < -0.4 is 5.32 Å². The number of unbranched alkanes of at least 4 members (excludes halogenated alkanes) is 1. The van der Waals surface area contributed by atoms with E-state index in [4.69, 9.17) is 0 Å². The average Bonchev–Trinajstić information content (AvgIpc) is 2.64. The Kier molecular flexibility index (Phi) is 13.9. The van der Waals surface area contributed by atoms with Gasteiger partial charge in [-0.2, -0.15) is 0 Å². The number of nitrogens with one attached hydrogen (secondary N) is 1. The molecule has 2 unspecified atom stereocenters. The lowest BCUT2D eigenvalue weighted by molar-refractivity contribution is 0.320. The second-order valence-corrected chi connectivity index (χ2v) is 6.25. The third-order valence-electron chi connectivity index (χ3n) is 4.47. The fourth-order valence-corrected chi connectivity index (χ4v) is 3.22. The molecule has 1 rings (SSSR count). The molecule has 2 atom stereocenters. The molecule has 0 fully saturated rings. The third-order valence-corrected chi connectivity index (χ3v) is 4.47. The van der Waals surface area contributed by atoms with Gasteiger partial charge in [0.1, 0.15) is 11.6 Å². The number of rotatable bonds is 11. The largest absolute Gasteiger partial charge is 0.392 e. The summed E-state index contributed by atoms with van der Waals surface area (Å²) in [6.45, 7) is 10.1. The zero-order valence-electron chi connectivity index (χ0n) is 17.1. The smallest absolute Gasteiger partial charge is 0.135 e. The maximum atomic E-state index is 14.1. The monoisotopic (exact) mass is 369 g/mol. The van der Waals surface area contributed by atoms with Crippen molar-refractivity contribution in [3.63, 3.8) is 0 Å². The molecule has 26 heavy (non-hydrogen) atoms. The summed E-state index contributed by atoms with van der Waals surface area (Å²) in [7, 11) is 0. The number of hydrogen-bond donors (Lipinski definition) is 2. The Balaban J connectivity index is 0.00000301. The van der Waals surface area contributed by atoms with Gasteiger partial charge in [0, 0.05) is 11.7 Å². The van der Waals surface area contributed by atoms with E-state index in [9.17, 15) is 13.9 Å². The van der Waals surface area contributed by atoms with Gasteiger partial charge in [0.2, 0.25) is 0 Å². The highest BCUT2D eigenvalue weighted by molar-refractivity contribution is 5.65. The summed E-state index contributed by atoms with van der Waals surface area (Å²) in [6.07, 6.45) is 7.87. The minimum absolute atomic E-state index is 0.0873. The molecule has 0 heterocycles. The van der Waals surface area contributed by atoms with Crippen molar-refractivity contribution >= 4 is 5.70 Å². The van der Waals surface area contributed by atoms with Gasteiger partial charge < -0.3 is 10.4 Å². The van der Waals surface area contributed by atoms with Gasteiger partial charge in [-0.25, -0.2) is 8.78 Å². The van der Waals surface area contributed by atoms with Gasteiger partial charge in [0.25, 0.3) is 0 Å². The minimum atomic E-state index is -0.613. The van der Waals surface area contributed by atoms with Crippen LogP contribution in [-0.2, 0) is 0 Å². The van der Waals surface area contributed by atoms with Crippen molar-refractivity contribution in [1.82, 2.24) is 5.32 Å². The molecule has 0 spiro atoms. The van der Waals surface area contributed by atoms with Crippen LogP contribution in [0.2, 0.25) is 0 Å². The summed E-state index contributed by atoms with van der Waals surface area (Å²) in [6, 6.07) is 3.97. The molecular formula is C22H37F2NO. The summed E-state index contributed by atoms with van der Waals surface area (Å²) < 4.78 is 28.3. The molecule has 1 aromatic carbocycles. The standard InChI is InChI=1S/C20H31F2NO.C2H6/c1-4-7-10-15(9-5-2)18(6-3)23-19(13-14-24)20-16(21)11-8-12-17(20)22;1-2/h8,11-13,15,18,23-24H,4-7,9-10,14H2,1-3H3;1-2H3/b19-13+;. The van der Waals surface area contributed by atoms with Crippen LogP contribution in [0.1, 0.15) is 78.7 Å². The Morgan fingerprint density at radius 3 is 2.15 bits per heavy atom. The molecule has 0 aliphatic carbocycles. The highest BCUT2D eigenvalue weighted by atomic mass is 19.1. The molecule has 150 valence electrons. The fraction of sp³-hybridized carbons (Fsp3) is 0.636. The van der Waals surface area contributed by atoms with E-state index in [0.29, 0.717) is 11.6 Å². The first-order valence-electron chi connectivity index (χ1n) is 10.1. The molecule has 0 saturated heterocycles. The molecule has 0 bridgehead atoms. The molecule has 0 aliphatic heterocycles. The summed E-state index contributed by atoms with van der Waals surface area (Å²) in [5.74, 6) is -0.771. The molecule has 4 heteroatoms. The molecule has 0 amide bonds. The number of aliphatic hydroxyl groups is 1. The van der Waals surface area contributed by atoms with Crippen molar-refractivity contribution < 1.29 is 13.9 Å². The Hall–Kier alpha value is -1.42. The van der Waals surface area contributed by atoms with E-state index in [2.05, 4.69) is 26.1 Å². The minimum Gasteiger partial charge on any atom is -0.392 e. The second kappa shape index (κ2) is 14.7. The van der Waals surface area contributed by atoms with Crippen LogP contribution >= 0.6 is 0 Å². The Morgan fingerprint density at radius 2 is 1.69 bits per heavy atom. The van der Waals surface area contributed by atoms with Crippen molar-refractivity contribution in [2.45, 2.75) is 79.2 Å². The van der Waals surface area contributed by atoms with Crippen LogP contribution in [0.4, 0.5) is 8.78 Å². The molecule has 2 nitrogen and oxygen atoms in total. The molecular weight excluding hydrogens is 332 g/mol.